The lowest BCUT2D eigenvalue weighted by Crippen LogP contribution is -2.08. The number of aliphatic hydroxyl groups excluding tert-OH is 1. The number of benzene rings is 1. The van der Waals surface area contributed by atoms with Crippen LogP contribution in [0, 0.1) is 11.6 Å². The molecule has 2 N–H and O–H groups in total. The molecule has 3 nitrogen and oxygen atoms in total. The molecule has 0 aliphatic heterocycles. The molecule has 0 fully saturated rings. The molecule has 1 unspecified atom stereocenters. The normalized spacial score (nSPS) is 12.7. The van der Waals surface area contributed by atoms with Gasteiger partial charge in [-0.3, -0.25) is 0 Å². The molecule has 0 saturated carbocycles. The minimum absolute atomic E-state index is 0.210. The summed E-state index contributed by atoms with van der Waals surface area (Å²) in [5.41, 5.74) is 0.562. The van der Waals surface area contributed by atoms with E-state index < -0.39 is 17.7 Å². The van der Waals surface area contributed by atoms with E-state index in [4.69, 9.17) is 0 Å². The molecule has 2 aromatic rings. The lowest BCUT2D eigenvalue weighted by molar-refractivity contribution is 0.209. The number of aromatic amines is 1. The van der Waals surface area contributed by atoms with E-state index in [2.05, 4.69) is 9.97 Å². The zero-order chi connectivity index (χ0) is 13.1. The molecule has 0 saturated heterocycles. The number of rotatable bonds is 4. The maximum absolute atomic E-state index is 13.7. The van der Waals surface area contributed by atoms with E-state index in [0.717, 1.165) is 6.07 Å². The average molecular weight is 252 g/mol. The van der Waals surface area contributed by atoms with Crippen molar-refractivity contribution in [1.82, 2.24) is 9.97 Å². The number of hydrogen-bond donors (Lipinski definition) is 2. The van der Waals surface area contributed by atoms with Crippen molar-refractivity contribution in [1.29, 1.82) is 0 Å². The van der Waals surface area contributed by atoms with E-state index in [9.17, 15) is 13.9 Å². The number of nitrogens with one attached hydrogen (secondary N) is 1. The summed E-state index contributed by atoms with van der Waals surface area (Å²) in [4.78, 5) is 6.69. The van der Waals surface area contributed by atoms with Gasteiger partial charge in [-0.2, -0.15) is 0 Å². The maximum atomic E-state index is 13.7. The number of aliphatic hydroxyl groups is 1. The summed E-state index contributed by atoms with van der Waals surface area (Å²) in [6.07, 6.45) is 3.03. The molecule has 1 heterocycles. The predicted molar refractivity (Wildman–Crippen MR) is 63.0 cm³/mol. The lowest BCUT2D eigenvalue weighted by Gasteiger charge is -2.14. The average Bonchev–Trinajstić information content (AvgIpc) is 2.88. The van der Waals surface area contributed by atoms with Gasteiger partial charge in [0.2, 0.25) is 0 Å². The second-order valence-electron chi connectivity index (χ2n) is 4.06. The predicted octanol–water partition coefficient (Wildman–Crippen LogP) is 2.72. The second kappa shape index (κ2) is 5.27. The van der Waals surface area contributed by atoms with Crippen molar-refractivity contribution in [2.24, 2.45) is 0 Å². The van der Waals surface area contributed by atoms with Crippen molar-refractivity contribution < 1.29 is 13.9 Å². The van der Waals surface area contributed by atoms with Crippen molar-refractivity contribution in [2.45, 2.75) is 25.9 Å². The van der Waals surface area contributed by atoms with Crippen LogP contribution in [0.5, 0.6) is 0 Å². The number of H-pyrrole nitrogens is 1. The third-order valence-corrected chi connectivity index (χ3v) is 2.81. The van der Waals surface area contributed by atoms with Crippen molar-refractivity contribution in [3.05, 3.63) is 53.1 Å². The molecule has 1 atom stereocenters. The first-order valence-corrected chi connectivity index (χ1v) is 5.79. The van der Waals surface area contributed by atoms with Crippen molar-refractivity contribution in [3.8, 4) is 0 Å². The quantitative estimate of drug-likeness (QED) is 0.879. The van der Waals surface area contributed by atoms with E-state index in [0.29, 0.717) is 24.2 Å². The third-order valence-electron chi connectivity index (χ3n) is 2.81. The molecule has 0 aliphatic rings. The Hall–Kier alpha value is -1.75. The molecule has 0 spiro atoms. The maximum Gasteiger partial charge on any atom is 0.162 e. The fourth-order valence-corrected chi connectivity index (χ4v) is 1.94. The fraction of sp³-hybridized carbons (Fsp3) is 0.308. The summed E-state index contributed by atoms with van der Waals surface area (Å²) in [6.45, 7) is 1.87. The summed E-state index contributed by atoms with van der Waals surface area (Å²) in [7, 11) is 0. The molecule has 1 aromatic heterocycles. The number of aromatic nitrogens is 2. The number of halogens is 2. The molecule has 18 heavy (non-hydrogen) atoms. The topological polar surface area (TPSA) is 48.9 Å². The zero-order valence-corrected chi connectivity index (χ0v) is 9.95. The summed E-state index contributed by atoms with van der Waals surface area (Å²) in [6, 6.07) is 2.42. The second-order valence-corrected chi connectivity index (χ2v) is 4.06. The molecule has 5 heteroatoms. The van der Waals surface area contributed by atoms with Gasteiger partial charge in [0.25, 0.3) is 0 Å². The molecule has 1 aromatic carbocycles. The Bertz CT molecular complexity index is 526. The van der Waals surface area contributed by atoms with Crippen LogP contribution in [0.4, 0.5) is 8.78 Å². The lowest BCUT2D eigenvalue weighted by atomic mass is 9.97. The van der Waals surface area contributed by atoms with E-state index >= 15 is 0 Å². The van der Waals surface area contributed by atoms with Crippen LogP contribution in [0.25, 0.3) is 0 Å². The van der Waals surface area contributed by atoms with Gasteiger partial charge in [-0.25, -0.2) is 13.8 Å². The van der Waals surface area contributed by atoms with Gasteiger partial charge in [0.1, 0.15) is 11.9 Å². The summed E-state index contributed by atoms with van der Waals surface area (Å²) in [5, 5.41) is 10.1. The standard InChI is InChI=1S/C13H14F2N2O/c1-2-3-8-9(4-5-10(14)11(8)15)12(18)13-16-6-7-17-13/h4-7,12,18H,2-3H2,1H3,(H,16,17). The van der Waals surface area contributed by atoms with E-state index in [1.807, 2.05) is 6.92 Å². The Morgan fingerprint density at radius 2 is 2.17 bits per heavy atom. The van der Waals surface area contributed by atoms with Gasteiger partial charge in [-0.15, -0.1) is 0 Å². The van der Waals surface area contributed by atoms with Crippen LogP contribution in [-0.4, -0.2) is 15.1 Å². The Kier molecular flexibility index (Phi) is 3.72. The van der Waals surface area contributed by atoms with E-state index in [1.165, 1.54) is 12.3 Å². The molecular weight excluding hydrogens is 238 g/mol. The Labute approximate surface area is 104 Å². The SMILES string of the molecule is CCCc1c(C(O)c2ncc[nH]2)ccc(F)c1F. The first kappa shape index (κ1) is 12.7. The van der Waals surface area contributed by atoms with Crippen molar-refractivity contribution in [3.63, 3.8) is 0 Å². The Morgan fingerprint density at radius 1 is 1.39 bits per heavy atom. The highest BCUT2D eigenvalue weighted by Gasteiger charge is 2.20. The van der Waals surface area contributed by atoms with Gasteiger partial charge in [-0.05, 0) is 23.6 Å². The highest BCUT2D eigenvalue weighted by Crippen LogP contribution is 2.27. The van der Waals surface area contributed by atoms with Crippen LogP contribution >= 0.6 is 0 Å². The van der Waals surface area contributed by atoms with Crippen LogP contribution in [0.1, 0.15) is 36.4 Å². The smallest absolute Gasteiger partial charge is 0.162 e. The first-order chi connectivity index (χ1) is 8.65. The molecule has 0 amide bonds. The van der Waals surface area contributed by atoms with Crippen molar-refractivity contribution >= 4 is 0 Å². The first-order valence-electron chi connectivity index (χ1n) is 5.79. The molecule has 0 bridgehead atoms. The molecular formula is C13H14F2N2O. The van der Waals surface area contributed by atoms with Gasteiger partial charge in [-0.1, -0.05) is 19.4 Å². The van der Waals surface area contributed by atoms with Gasteiger partial charge in [0.05, 0.1) is 0 Å². The Balaban J connectivity index is 2.47. The zero-order valence-electron chi connectivity index (χ0n) is 9.95. The van der Waals surface area contributed by atoms with Gasteiger partial charge in [0, 0.05) is 12.4 Å². The molecule has 0 aliphatic carbocycles. The Morgan fingerprint density at radius 3 is 2.78 bits per heavy atom. The third kappa shape index (κ3) is 2.26. The molecule has 96 valence electrons. The van der Waals surface area contributed by atoms with Crippen LogP contribution in [-0.2, 0) is 6.42 Å². The summed E-state index contributed by atoms with van der Waals surface area (Å²) in [5.74, 6) is -1.47. The van der Waals surface area contributed by atoms with Gasteiger partial charge in [0.15, 0.2) is 11.6 Å². The highest BCUT2D eigenvalue weighted by atomic mass is 19.2. The molecule has 2 rings (SSSR count). The minimum Gasteiger partial charge on any atom is -0.380 e. The van der Waals surface area contributed by atoms with Gasteiger partial charge >= 0.3 is 0 Å². The summed E-state index contributed by atoms with van der Waals surface area (Å²) < 4.78 is 26.9. The minimum atomic E-state index is -1.07. The van der Waals surface area contributed by atoms with Crippen LogP contribution in [0.3, 0.4) is 0 Å². The van der Waals surface area contributed by atoms with Crippen LogP contribution < -0.4 is 0 Å². The van der Waals surface area contributed by atoms with Crippen molar-refractivity contribution in [2.75, 3.05) is 0 Å². The largest absolute Gasteiger partial charge is 0.380 e. The molecule has 0 radical (unpaired) electrons. The van der Waals surface area contributed by atoms with E-state index in [1.54, 1.807) is 6.20 Å². The number of imidazole rings is 1. The van der Waals surface area contributed by atoms with Gasteiger partial charge < -0.3 is 10.1 Å². The number of nitrogens with zero attached hydrogens (tertiary/aromatic N) is 1. The van der Waals surface area contributed by atoms with Crippen LogP contribution in [0.15, 0.2) is 24.5 Å². The fourth-order valence-electron chi connectivity index (χ4n) is 1.94. The monoisotopic (exact) mass is 252 g/mol. The highest BCUT2D eigenvalue weighted by molar-refractivity contribution is 5.34. The number of hydrogen-bond acceptors (Lipinski definition) is 2. The van der Waals surface area contributed by atoms with E-state index in [-0.39, 0.29) is 5.56 Å². The summed E-state index contributed by atoms with van der Waals surface area (Å²) >= 11 is 0. The van der Waals surface area contributed by atoms with Crippen LogP contribution in [0.2, 0.25) is 0 Å².